The van der Waals surface area contributed by atoms with Crippen molar-refractivity contribution in [3.05, 3.63) is 35.9 Å². The van der Waals surface area contributed by atoms with Gasteiger partial charge in [-0.05, 0) is 41.8 Å². The van der Waals surface area contributed by atoms with Gasteiger partial charge in [0.05, 0.1) is 13.2 Å². The van der Waals surface area contributed by atoms with Crippen molar-refractivity contribution in [2.45, 2.75) is 109 Å². The van der Waals surface area contributed by atoms with Gasteiger partial charge in [0.25, 0.3) is 0 Å². The second-order valence-electron chi connectivity index (χ2n) is 12.1. The lowest BCUT2D eigenvalue weighted by molar-refractivity contribution is -0.172. The summed E-state index contributed by atoms with van der Waals surface area (Å²) in [7, 11) is -4.46. The van der Waals surface area contributed by atoms with Crippen LogP contribution in [0.15, 0.2) is 30.3 Å². The summed E-state index contributed by atoms with van der Waals surface area (Å²) < 4.78 is 25.2. The molecule has 6 nitrogen and oxygen atoms in total. The van der Waals surface area contributed by atoms with Crippen LogP contribution in [-0.4, -0.2) is 52.4 Å². The van der Waals surface area contributed by atoms with Crippen molar-refractivity contribution in [3.63, 3.8) is 0 Å². The molecule has 0 aromatic heterocycles. The summed E-state index contributed by atoms with van der Waals surface area (Å²) >= 11 is 0. The minimum absolute atomic E-state index is 0.00336. The molecule has 1 aliphatic rings. The predicted octanol–water partition coefficient (Wildman–Crippen LogP) is 5.59. The predicted molar refractivity (Wildman–Crippen MR) is 136 cm³/mol. The molecule has 1 fully saturated rings. The van der Waals surface area contributed by atoms with Crippen molar-refractivity contribution in [2.24, 2.45) is 0 Å². The van der Waals surface area contributed by atoms with Gasteiger partial charge in [0.1, 0.15) is 18.3 Å². The van der Waals surface area contributed by atoms with Crippen LogP contribution in [0.4, 0.5) is 0 Å². The van der Waals surface area contributed by atoms with E-state index in [1.165, 1.54) is 0 Å². The van der Waals surface area contributed by atoms with E-state index in [4.69, 9.17) is 18.3 Å². The second-order valence-corrected chi connectivity index (χ2v) is 21.7. The first-order chi connectivity index (χ1) is 14.9. The van der Waals surface area contributed by atoms with Crippen LogP contribution in [0.5, 0.6) is 0 Å². The number of nitriles is 1. The number of ether oxygens (including phenoxy) is 2. The number of hydrogen-bond acceptors (Lipinski definition) is 6. The molecule has 1 heterocycles. The molecular formula is C25H43NO5Si2. The summed E-state index contributed by atoms with van der Waals surface area (Å²) in [5, 5.41) is 21.6. The first-order valence-corrected chi connectivity index (χ1v) is 17.5. The highest BCUT2D eigenvalue weighted by Gasteiger charge is 2.60. The Kier molecular flexibility index (Phi) is 8.45. The van der Waals surface area contributed by atoms with E-state index in [1.54, 1.807) is 0 Å². The Bertz CT molecular complexity index is 826. The van der Waals surface area contributed by atoms with Gasteiger partial charge >= 0.3 is 0 Å². The average molecular weight is 494 g/mol. The van der Waals surface area contributed by atoms with E-state index in [0.29, 0.717) is 6.61 Å². The molecule has 1 aromatic rings. The van der Waals surface area contributed by atoms with Crippen LogP contribution in [-0.2, 0) is 24.9 Å². The topological polar surface area (TPSA) is 80.9 Å². The summed E-state index contributed by atoms with van der Waals surface area (Å²) in [5.41, 5.74) is -0.896. The standard InChI is InChI=1S/C25H43NO5Si2/c1-23(2,3)32(7,8)29-17-20-25(27,18-26)21(31-33(9,10)24(4,5)6)22(30-20)28-16-19-14-12-11-13-15-19/h11-15,20-22,27H,16-17H2,1-10H3/t20-,21+,22-,25-/m1/s1. The Labute approximate surface area is 202 Å². The van der Waals surface area contributed by atoms with Crippen molar-refractivity contribution < 1.29 is 23.4 Å². The van der Waals surface area contributed by atoms with E-state index in [1.807, 2.05) is 30.3 Å². The van der Waals surface area contributed by atoms with Gasteiger partial charge in [-0.2, -0.15) is 5.26 Å². The summed E-state index contributed by atoms with van der Waals surface area (Å²) in [6.07, 6.45) is -2.68. The minimum Gasteiger partial charge on any atom is -0.414 e. The highest BCUT2D eigenvalue weighted by atomic mass is 28.4. The Balaban J connectivity index is 2.32. The first-order valence-electron chi connectivity index (χ1n) is 11.7. The van der Waals surface area contributed by atoms with Crippen LogP contribution in [0.3, 0.4) is 0 Å². The molecule has 0 aliphatic carbocycles. The first kappa shape index (κ1) is 28.2. The molecule has 2 rings (SSSR count). The maximum Gasteiger partial charge on any atom is 0.209 e. The quantitative estimate of drug-likeness (QED) is 0.375. The fraction of sp³-hybridized carbons (Fsp3) is 0.720. The molecule has 0 bridgehead atoms. The van der Waals surface area contributed by atoms with Crippen LogP contribution < -0.4 is 0 Å². The van der Waals surface area contributed by atoms with Crippen LogP contribution in [0.2, 0.25) is 36.3 Å². The van der Waals surface area contributed by atoms with Gasteiger partial charge in [0.2, 0.25) is 5.60 Å². The molecule has 1 aromatic carbocycles. The van der Waals surface area contributed by atoms with Gasteiger partial charge in [0.15, 0.2) is 22.9 Å². The van der Waals surface area contributed by atoms with Gasteiger partial charge in [-0.1, -0.05) is 71.9 Å². The Hall–Kier alpha value is -1.06. The number of benzene rings is 1. The number of nitrogens with zero attached hydrogens (tertiary/aromatic N) is 1. The Morgan fingerprint density at radius 3 is 2.03 bits per heavy atom. The van der Waals surface area contributed by atoms with Crippen molar-refractivity contribution in [2.75, 3.05) is 6.61 Å². The normalized spacial score (nSPS) is 26.9. The van der Waals surface area contributed by atoms with Crippen LogP contribution >= 0.6 is 0 Å². The molecule has 33 heavy (non-hydrogen) atoms. The molecule has 4 atom stereocenters. The zero-order valence-corrected chi connectivity index (χ0v) is 24.1. The fourth-order valence-electron chi connectivity index (χ4n) is 3.05. The van der Waals surface area contributed by atoms with Crippen molar-refractivity contribution in [1.82, 2.24) is 0 Å². The van der Waals surface area contributed by atoms with Crippen molar-refractivity contribution >= 4 is 16.6 Å². The third kappa shape index (κ3) is 6.34. The second kappa shape index (κ2) is 9.90. The van der Waals surface area contributed by atoms with Gasteiger partial charge < -0.3 is 23.4 Å². The monoisotopic (exact) mass is 493 g/mol. The van der Waals surface area contributed by atoms with Gasteiger partial charge in [0, 0.05) is 0 Å². The van der Waals surface area contributed by atoms with E-state index in [2.05, 4.69) is 73.8 Å². The molecule has 1 N–H and O–H groups in total. The summed E-state index contributed by atoms with van der Waals surface area (Å²) in [6, 6.07) is 11.9. The molecule has 186 valence electrons. The molecule has 0 amide bonds. The summed E-state index contributed by atoms with van der Waals surface area (Å²) in [4.78, 5) is 0. The Morgan fingerprint density at radius 1 is 1.00 bits per heavy atom. The third-order valence-electron chi connectivity index (χ3n) is 7.54. The van der Waals surface area contributed by atoms with Crippen molar-refractivity contribution in [1.29, 1.82) is 5.26 Å². The average Bonchev–Trinajstić information content (AvgIpc) is 2.95. The molecular weight excluding hydrogens is 450 g/mol. The summed E-state index contributed by atoms with van der Waals surface area (Å²) in [6.45, 7) is 21.7. The van der Waals surface area contributed by atoms with Gasteiger partial charge in [-0.25, -0.2) is 0 Å². The minimum atomic E-state index is -2.35. The fourth-order valence-corrected chi connectivity index (χ4v) is 5.33. The van der Waals surface area contributed by atoms with Gasteiger partial charge in [-0.3, -0.25) is 0 Å². The maximum absolute atomic E-state index is 11.6. The highest BCUT2D eigenvalue weighted by molar-refractivity contribution is 6.74. The molecule has 8 heteroatoms. The zero-order valence-electron chi connectivity index (χ0n) is 22.1. The Morgan fingerprint density at radius 2 is 1.55 bits per heavy atom. The van der Waals surface area contributed by atoms with Crippen LogP contribution in [0.1, 0.15) is 47.1 Å². The molecule has 0 saturated carbocycles. The lowest BCUT2D eigenvalue weighted by atomic mass is 9.95. The number of aliphatic hydroxyl groups is 1. The smallest absolute Gasteiger partial charge is 0.209 e. The van der Waals surface area contributed by atoms with E-state index in [-0.39, 0.29) is 16.7 Å². The lowest BCUT2D eigenvalue weighted by Crippen LogP contribution is -2.56. The van der Waals surface area contributed by atoms with E-state index >= 15 is 0 Å². The van der Waals surface area contributed by atoms with Crippen LogP contribution in [0.25, 0.3) is 0 Å². The highest BCUT2D eigenvalue weighted by Crippen LogP contribution is 2.44. The third-order valence-corrected chi connectivity index (χ3v) is 16.5. The maximum atomic E-state index is 11.6. The van der Waals surface area contributed by atoms with Crippen molar-refractivity contribution in [3.8, 4) is 6.07 Å². The summed E-state index contributed by atoms with van der Waals surface area (Å²) in [5.74, 6) is 0. The van der Waals surface area contributed by atoms with E-state index < -0.39 is 40.7 Å². The number of hydrogen-bond donors (Lipinski definition) is 1. The molecule has 0 spiro atoms. The molecule has 0 radical (unpaired) electrons. The van der Waals surface area contributed by atoms with E-state index in [0.717, 1.165) is 5.56 Å². The molecule has 1 aliphatic heterocycles. The largest absolute Gasteiger partial charge is 0.414 e. The van der Waals surface area contributed by atoms with Crippen LogP contribution in [0, 0.1) is 11.3 Å². The SMILES string of the molecule is CC(C)(C)[Si](C)(C)OC[C@H]1O[C@@H](OCc2ccccc2)[C@H](O[Si](C)(C)C(C)(C)C)[C@@]1(O)C#N. The lowest BCUT2D eigenvalue weighted by Gasteiger charge is -2.41. The zero-order chi connectivity index (χ0) is 25.3. The number of rotatable bonds is 8. The molecule has 1 saturated heterocycles. The van der Waals surface area contributed by atoms with E-state index in [9.17, 15) is 10.4 Å². The van der Waals surface area contributed by atoms with Gasteiger partial charge in [-0.15, -0.1) is 0 Å². The molecule has 0 unspecified atom stereocenters.